The lowest BCUT2D eigenvalue weighted by molar-refractivity contribution is 0.136. The van der Waals surface area contributed by atoms with E-state index in [0.29, 0.717) is 12.8 Å². The van der Waals surface area contributed by atoms with Gasteiger partial charge in [0.15, 0.2) is 0 Å². The minimum Gasteiger partial charge on any atom is -0.445 e. The van der Waals surface area contributed by atoms with Gasteiger partial charge in [-0.15, -0.1) is 0 Å². The second kappa shape index (κ2) is 6.23. The number of rotatable bonds is 4. The van der Waals surface area contributed by atoms with Crippen molar-refractivity contribution in [2.45, 2.75) is 37.2 Å². The van der Waals surface area contributed by atoms with Crippen LogP contribution in [0, 0.1) is 0 Å². The second-order valence-corrected chi connectivity index (χ2v) is 6.55. The Kier molecular flexibility index (Phi) is 4.61. The van der Waals surface area contributed by atoms with Crippen molar-refractivity contribution in [2.24, 2.45) is 0 Å². The molecule has 1 aliphatic carbocycles. The summed E-state index contributed by atoms with van der Waals surface area (Å²) in [6.07, 6.45) is 0.516. The van der Waals surface area contributed by atoms with Crippen molar-refractivity contribution < 1.29 is 22.5 Å². The highest BCUT2D eigenvalue weighted by Gasteiger charge is 2.33. The first-order chi connectivity index (χ1) is 9.45. The summed E-state index contributed by atoms with van der Waals surface area (Å²) in [7, 11) is -4.02. The van der Waals surface area contributed by atoms with Gasteiger partial charge in [0, 0.05) is 6.04 Å². The van der Waals surface area contributed by atoms with Crippen molar-refractivity contribution in [3.8, 4) is 0 Å². The second-order valence-electron chi connectivity index (χ2n) is 4.85. The molecular weight excluding hydrogens is 282 g/mol. The molecule has 2 unspecified atom stereocenters. The van der Waals surface area contributed by atoms with Crippen molar-refractivity contribution in [2.75, 3.05) is 0 Å². The number of nitrogens with one attached hydrogen (secondary N) is 1. The van der Waals surface area contributed by atoms with Gasteiger partial charge in [0.25, 0.3) is 10.1 Å². The Balaban J connectivity index is 1.76. The molecule has 1 aromatic rings. The predicted molar refractivity (Wildman–Crippen MR) is 72.7 cm³/mol. The van der Waals surface area contributed by atoms with Crippen LogP contribution in [0.5, 0.6) is 0 Å². The zero-order valence-electron chi connectivity index (χ0n) is 10.9. The molecule has 1 aromatic carbocycles. The van der Waals surface area contributed by atoms with E-state index in [1.54, 1.807) is 0 Å². The van der Waals surface area contributed by atoms with Gasteiger partial charge >= 0.3 is 6.09 Å². The monoisotopic (exact) mass is 299 g/mol. The van der Waals surface area contributed by atoms with Crippen LogP contribution in [0.4, 0.5) is 4.79 Å². The standard InChI is InChI=1S/C13H17NO5S/c15-13(19-9-10-4-2-1-3-5-10)14-11-6-7-12(8-11)20(16,17)18/h1-5,11-12H,6-9H2,(H,14,15)(H,16,17,18). The molecule has 0 aromatic heterocycles. The molecule has 110 valence electrons. The fourth-order valence-electron chi connectivity index (χ4n) is 2.27. The van der Waals surface area contributed by atoms with Gasteiger partial charge in [0.1, 0.15) is 6.61 Å². The molecule has 1 fully saturated rings. The molecule has 6 nitrogen and oxygen atoms in total. The quantitative estimate of drug-likeness (QED) is 0.826. The zero-order chi connectivity index (χ0) is 14.6. The summed E-state index contributed by atoms with van der Waals surface area (Å²) in [5.74, 6) is 0. The van der Waals surface area contributed by atoms with E-state index >= 15 is 0 Å². The van der Waals surface area contributed by atoms with Crippen LogP contribution in [0.25, 0.3) is 0 Å². The lowest BCUT2D eigenvalue weighted by Gasteiger charge is -2.12. The van der Waals surface area contributed by atoms with E-state index in [2.05, 4.69) is 5.32 Å². The number of carbonyl (C=O) groups is 1. The Hall–Kier alpha value is -1.60. The van der Waals surface area contributed by atoms with Crippen LogP contribution in [0.2, 0.25) is 0 Å². The summed E-state index contributed by atoms with van der Waals surface area (Å²) in [6, 6.07) is 8.99. The highest BCUT2D eigenvalue weighted by Crippen LogP contribution is 2.24. The Morgan fingerprint density at radius 1 is 1.30 bits per heavy atom. The lowest BCUT2D eigenvalue weighted by atomic mass is 10.2. The number of carbonyl (C=O) groups excluding carboxylic acids is 1. The number of hydrogen-bond acceptors (Lipinski definition) is 4. The number of alkyl carbamates (subject to hydrolysis) is 1. The van der Waals surface area contributed by atoms with Gasteiger partial charge in [-0.3, -0.25) is 4.55 Å². The van der Waals surface area contributed by atoms with Gasteiger partial charge in [-0.1, -0.05) is 30.3 Å². The van der Waals surface area contributed by atoms with Crippen LogP contribution in [0.3, 0.4) is 0 Å². The average molecular weight is 299 g/mol. The van der Waals surface area contributed by atoms with Crippen LogP contribution < -0.4 is 5.32 Å². The minimum absolute atomic E-state index is 0.168. The third-order valence-corrected chi connectivity index (χ3v) is 4.61. The van der Waals surface area contributed by atoms with E-state index < -0.39 is 21.5 Å². The van der Waals surface area contributed by atoms with E-state index in [-0.39, 0.29) is 19.1 Å². The Morgan fingerprint density at radius 3 is 2.60 bits per heavy atom. The first-order valence-electron chi connectivity index (χ1n) is 6.38. The molecule has 0 spiro atoms. The molecule has 2 rings (SSSR count). The first kappa shape index (κ1) is 14.8. The van der Waals surface area contributed by atoms with Gasteiger partial charge in [-0.2, -0.15) is 8.42 Å². The highest BCUT2D eigenvalue weighted by atomic mass is 32.2. The summed E-state index contributed by atoms with van der Waals surface area (Å²) in [6.45, 7) is 0.168. The van der Waals surface area contributed by atoms with Crippen molar-refractivity contribution in [1.29, 1.82) is 0 Å². The van der Waals surface area contributed by atoms with Gasteiger partial charge in [-0.05, 0) is 24.8 Å². The van der Waals surface area contributed by atoms with E-state index in [4.69, 9.17) is 9.29 Å². The number of hydrogen-bond donors (Lipinski definition) is 2. The molecule has 0 bridgehead atoms. The van der Waals surface area contributed by atoms with E-state index in [1.165, 1.54) is 0 Å². The molecule has 0 heterocycles. The molecule has 7 heteroatoms. The summed E-state index contributed by atoms with van der Waals surface area (Å²) < 4.78 is 36.0. The molecule has 1 aliphatic rings. The summed E-state index contributed by atoms with van der Waals surface area (Å²) in [5, 5.41) is 1.82. The SMILES string of the molecule is O=C(NC1CCC(S(=O)(=O)O)C1)OCc1ccccc1. The Morgan fingerprint density at radius 2 is 2.00 bits per heavy atom. The first-order valence-corrected chi connectivity index (χ1v) is 7.89. The fraction of sp³-hybridized carbons (Fsp3) is 0.462. The fourth-order valence-corrected chi connectivity index (χ4v) is 3.18. The summed E-state index contributed by atoms with van der Waals surface area (Å²) in [5.41, 5.74) is 0.880. The maximum Gasteiger partial charge on any atom is 0.407 e. The van der Waals surface area contributed by atoms with Crippen LogP contribution in [0.15, 0.2) is 30.3 Å². The average Bonchev–Trinajstić information content (AvgIpc) is 2.86. The van der Waals surface area contributed by atoms with Gasteiger partial charge in [-0.25, -0.2) is 4.79 Å². The smallest absolute Gasteiger partial charge is 0.407 e. The Labute approximate surface area is 117 Å². The van der Waals surface area contributed by atoms with Crippen molar-refractivity contribution in [3.05, 3.63) is 35.9 Å². The lowest BCUT2D eigenvalue weighted by Crippen LogP contribution is -2.34. The number of amides is 1. The maximum absolute atomic E-state index is 11.6. The van der Waals surface area contributed by atoms with E-state index in [0.717, 1.165) is 5.56 Å². The van der Waals surface area contributed by atoms with Gasteiger partial charge in [0.2, 0.25) is 0 Å². The number of ether oxygens (including phenoxy) is 1. The zero-order valence-corrected chi connectivity index (χ0v) is 11.7. The molecule has 1 saturated carbocycles. The minimum atomic E-state index is -4.02. The van der Waals surface area contributed by atoms with Gasteiger partial charge < -0.3 is 10.1 Å². The normalized spacial score (nSPS) is 22.4. The van der Waals surface area contributed by atoms with E-state index in [1.807, 2.05) is 30.3 Å². The topological polar surface area (TPSA) is 92.7 Å². The number of benzene rings is 1. The van der Waals surface area contributed by atoms with Crippen LogP contribution in [-0.4, -0.2) is 30.4 Å². The molecular formula is C13H17NO5S. The van der Waals surface area contributed by atoms with Crippen LogP contribution in [0.1, 0.15) is 24.8 Å². The largest absolute Gasteiger partial charge is 0.445 e. The summed E-state index contributed by atoms with van der Waals surface area (Å²) in [4.78, 5) is 11.6. The molecule has 0 aliphatic heterocycles. The predicted octanol–water partition coefficient (Wildman–Crippen LogP) is 1.72. The molecule has 20 heavy (non-hydrogen) atoms. The van der Waals surface area contributed by atoms with E-state index in [9.17, 15) is 13.2 Å². The molecule has 2 N–H and O–H groups in total. The molecule has 0 radical (unpaired) electrons. The molecule has 2 atom stereocenters. The van der Waals surface area contributed by atoms with Crippen LogP contribution >= 0.6 is 0 Å². The Bertz CT molecular complexity index is 557. The van der Waals surface area contributed by atoms with Crippen molar-refractivity contribution in [3.63, 3.8) is 0 Å². The van der Waals surface area contributed by atoms with Crippen molar-refractivity contribution in [1.82, 2.24) is 5.32 Å². The van der Waals surface area contributed by atoms with Gasteiger partial charge in [0.05, 0.1) is 5.25 Å². The highest BCUT2D eigenvalue weighted by molar-refractivity contribution is 7.86. The third-order valence-electron chi connectivity index (χ3n) is 3.34. The molecule has 1 amide bonds. The summed E-state index contributed by atoms with van der Waals surface area (Å²) >= 11 is 0. The third kappa shape index (κ3) is 4.21. The van der Waals surface area contributed by atoms with Crippen LogP contribution in [-0.2, 0) is 21.5 Å². The molecule has 0 saturated heterocycles. The maximum atomic E-state index is 11.6. The van der Waals surface area contributed by atoms with Crippen molar-refractivity contribution >= 4 is 16.2 Å².